The molecule has 1 atom stereocenters. The lowest BCUT2D eigenvalue weighted by molar-refractivity contribution is 0.560. The van der Waals surface area contributed by atoms with Gasteiger partial charge >= 0.3 is 0 Å². The van der Waals surface area contributed by atoms with Crippen molar-refractivity contribution in [3.63, 3.8) is 0 Å². The van der Waals surface area contributed by atoms with Gasteiger partial charge in [0.2, 0.25) is 0 Å². The maximum Gasteiger partial charge on any atom is 0.128 e. The van der Waals surface area contributed by atoms with Crippen molar-refractivity contribution in [2.75, 3.05) is 0 Å². The summed E-state index contributed by atoms with van der Waals surface area (Å²) >= 11 is 5.93. The van der Waals surface area contributed by atoms with Gasteiger partial charge in [0, 0.05) is 10.6 Å². The summed E-state index contributed by atoms with van der Waals surface area (Å²) in [6.45, 7) is 4.05. The van der Waals surface area contributed by atoms with Gasteiger partial charge in [0.25, 0.3) is 0 Å². The molecule has 4 heteroatoms. The Labute approximate surface area is 117 Å². The Hall–Kier alpha value is -1.42. The van der Waals surface area contributed by atoms with Gasteiger partial charge in [0.1, 0.15) is 5.82 Å². The molecule has 0 saturated heterocycles. The van der Waals surface area contributed by atoms with Crippen molar-refractivity contribution in [1.82, 2.24) is 5.43 Å². The molecule has 0 aromatic heterocycles. The summed E-state index contributed by atoms with van der Waals surface area (Å²) in [5.41, 5.74) is 6.33. The van der Waals surface area contributed by atoms with E-state index in [9.17, 15) is 4.39 Å². The van der Waals surface area contributed by atoms with E-state index in [0.29, 0.717) is 10.6 Å². The predicted octanol–water partition coefficient (Wildman–Crippen LogP) is 3.65. The topological polar surface area (TPSA) is 38.0 Å². The third-order valence-corrected chi connectivity index (χ3v) is 3.54. The molecule has 0 saturated carbocycles. The van der Waals surface area contributed by atoms with E-state index in [1.54, 1.807) is 6.07 Å². The van der Waals surface area contributed by atoms with Gasteiger partial charge in [-0.2, -0.15) is 0 Å². The van der Waals surface area contributed by atoms with Crippen molar-refractivity contribution in [3.05, 3.63) is 69.5 Å². The highest BCUT2D eigenvalue weighted by Gasteiger charge is 2.17. The summed E-state index contributed by atoms with van der Waals surface area (Å²) < 4.78 is 13.9. The van der Waals surface area contributed by atoms with Gasteiger partial charge < -0.3 is 0 Å². The minimum absolute atomic E-state index is 0.328. The smallest absolute Gasteiger partial charge is 0.128 e. The van der Waals surface area contributed by atoms with Crippen molar-refractivity contribution in [3.8, 4) is 0 Å². The number of rotatable bonds is 3. The predicted molar refractivity (Wildman–Crippen MR) is 76.5 cm³/mol. The molecule has 3 N–H and O–H groups in total. The van der Waals surface area contributed by atoms with Crippen molar-refractivity contribution in [2.24, 2.45) is 5.84 Å². The second kappa shape index (κ2) is 5.70. The molecule has 100 valence electrons. The van der Waals surface area contributed by atoms with Gasteiger partial charge in [-0.1, -0.05) is 29.8 Å². The van der Waals surface area contributed by atoms with Crippen LogP contribution in [0.1, 0.15) is 28.3 Å². The van der Waals surface area contributed by atoms with Crippen LogP contribution in [-0.4, -0.2) is 0 Å². The summed E-state index contributed by atoms with van der Waals surface area (Å²) in [6, 6.07) is 9.98. The molecule has 0 aliphatic rings. The quantitative estimate of drug-likeness (QED) is 0.664. The van der Waals surface area contributed by atoms with E-state index in [2.05, 4.69) is 5.43 Å². The van der Waals surface area contributed by atoms with Crippen LogP contribution in [0.3, 0.4) is 0 Å². The molecule has 2 aromatic rings. The molecule has 2 rings (SSSR count). The second-order valence-corrected chi connectivity index (χ2v) is 5.05. The third kappa shape index (κ3) is 2.95. The highest BCUT2D eigenvalue weighted by Crippen LogP contribution is 2.27. The van der Waals surface area contributed by atoms with Crippen LogP contribution in [0.2, 0.25) is 5.02 Å². The zero-order chi connectivity index (χ0) is 14.0. The van der Waals surface area contributed by atoms with Crippen molar-refractivity contribution >= 4 is 11.6 Å². The molecule has 0 heterocycles. The average molecular weight is 279 g/mol. The number of hydrogen-bond donors (Lipinski definition) is 2. The Morgan fingerprint density at radius 2 is 1.84 bits per heavy atom. The SMILES string of the molecule is Cc1ccc(C(NN)c2cc(Cl)ccc2F)cc1C. The Kier molecular flexibility index (Phi) is 4.20. The molecule has 0 spiro atoms. The molecule has 19 heavy (non-hydrogen) atoms. The normalized spacial score (nSPS) is 12.5. The van der Waals surface area contributed by atoms with Crippen LogP contribution in [0.4, 0.5) is 4.39 Å². The molecule has 0 fully saturated rings. The minimum atomic E-state index is -0.419. The van der Waals surface area contributed by atoms with Crippen LogP contribution in [0.5, 0.6) is 0 Å². The standard InChI is InChI=1S/C15H16ClFN2/c1-9-3-4-11(7-10(9)2)15(19-18)13-8-12(16)5-6-14(13)17/h3-8,15,19H,18H2,1-2H3. The molecule has 2 nitrogen and oxygen atoms in total. The van der Waals surface area contributed by atoms with Crippen molar-refractivity contribution in [1.29, 1.82) is 0 Å². The van der Waals surface area contributed by atoms with Crippen LogP contribution in [0.15, 0.2) is 36.4 Å². The zero-order valence-electron chi connectivity index (χ0n) is 10.9. The fourth-order valence-electron chi connectivity index (χ4n) is 2.05. The van der Waals surface area contributed by atoms with E-state index in [0.717, 1.165) is 11.1 Å². The van der Waals surface area contributed by atoms with E-state index in [1.807, 2.05) is 32.0 Å². The summed E-state index contributed by atoms with van der Waals surface area (Å²) in [5.74, 6) is 5.26. The number of hydrazine groups is 1. The number of aryl methyl sites for hydroxylation is 2. The highest BCUT2D eigenvalue weighted by atomic mass is 35.5. The fourth-order valence-corrected chi connectivity index (χ4v) is 2.23. The van der Waals surface area contributed by atoms with Gasteiger partial charge in [-0.05, 0) is 48.7 Å². The molecule has 0 bridgehead atoms. The Morgan fingerprint density at radius 3 is 2.47 bits per heavy atom. The lowest BCUT2D eigenvalue weighted by Gasteiger charge is -2.19. The maximum atomic E-state index is 13.9. The number of hydrogen-bond acceptors (Lipinski definition) is 2. The van der Waals surface area contributed by atoms with Crippen LogP contribution >= 0.6 is 11.6 Å². The van der Waals surface area contributed by atoms with Crippen molar-refractivity contribution in [2.45, 2.75) is 19.9 Å². The molecule has 1 unspecified atom stereocenters. The summed E-state index contributed by atoms with van der Waals surface area (Å²) in [4.78, 5) is 0. The van der Waals surface area contributed by atoms with E-state index in [4.69, 9.17) is 17.4 Å². The van der Waals surface area contributed by atoms with Crippen LogP contribution in [0.25, 0.3) is 0 Å². The Morgan fingerprint density at radius 1 is 1.11 bits per heavy atom. The van der Waals surface area contributed by atoms with Gasteiger partial charge in [-0.3, -0.25) is 5.84 Å². The molecule has 2 aromatic carbocycles. The van der Waals surface area contributed by atoms with Gasteiger partial charge in [-0.25, -0.2) is 9.82 Å². The Bertz CT molecular complexity index is 599. The summed E-state index contributed by atoms with van der Waals surface area (Å²) in [7, 11) is 0. The number of nitrogens with two attached hydrogens (primary N) is 1. The fraction of sp³-hybridized carbons (Fsp3) is 0.200. The van der Waals surface area contributed by atoms with E-state index < -0.39 is 6.04 Å². The minimum Gasteiger partial charge on any atom is -0.271 e. The lowest BCUT2D eigenvalue weighted by Crippen LogP contribution is -2.29. The Balaban J connectivity index is 2.49. The van der Waals surface area contributed by atoms with Gasteiger partial charge in [-0.15, -0.1) is 0 Å². The number of halogens is 2. The maximum absolute atomic E-state index is 13.9. The second-order valence-electron chi connectivity index (χ2n) is 4.61. The first kappa shape index (κ1) is 14.0. The first-order chi connectivity index (χ1) is 9.02. The molecule has 0 aliphatic heterocycles. The highest BCUT2D eigenvalue weighted by molar-refractivity contribution is 6.30. The first-order valence-corrected chi connectivity index (χ1v) is 6.39. The molecular formula is C15H16ClFN2. The lowest BCUT2D eigenvalue weighted by atomic mass is 9.96. The third-order valence-electron chi connectivity index (χ3n) is 3.30. The van der Waals surface area contributed by atoms with Crippen molar-refractivity contribution < 1.29 is 4.39 Å². The van der Waals surface area contributed by atoms with E-state index in [1.165, 1.54) is 17.7 Å². The molecule has 0 radical (unpaired) electrons. The molecule has 0 aliphatic carbocycles. The summed E-state index contributed by atoms with van der Waals surface area (Å²) in [6.07, 6.45) is 0. The monoisotopic (exact) mass is 278 g/mol. The van der Waals surface area contributed by atoms with Crippen LogP contribution in [-0.2, 0) is 0 Å². The number of benzene rings is 2. The number of nitrogens with one attached hydrogen (secondary N) is 1. The average Bonchev–Trinajstić information content (AvgIpc) is 2.38. The largest absolute Gasteiger partial charge is 0.271 e. The molecule has 0 amide bonds. The van der Waals surface area contributed by atoms with E-state index >= 15 is 0 Å². The zero-order valence-corrected chi connectivity index (χ0v) is 11.6. The van der Waals surface area contributed by atoms with Gasteiger partial charge in [0.05, 0.1) is 6.04 Å². The first-order valence-electron chi connectivity index (χ1n) is 6.01. The van der Waals surface area contributed by atoms with Gasteiger partial charge in [0.15, 0.2) is 0 Å². The van der Waals surface area contributed by atoms with Crippen LogP contribution < -0.4 is 11.3 Å². The summed E-state index contributed by atoms with van der Waals surface area (Å²) in [5, 5.41) is 0.487. The molecular weight excluding hydrogens is 263 g/mol. The van der Waals surface area contributed by atoms with Crippen LogP contribution in [0, 0.1) is 19.7 Å². The van der Waals surface area contributed by atoms with E-state index in [-0.39, 0.29) is 5.82 Å².